The van der Waals surface area contributed by atoms with Crippen LogP contribution in [0.15, 0.2) is 29.3 Å². The van der Waals surface area contributed by atoms with Gasteiger partial charge in [0.15, 0.2) is 5.96 Å². The molecule has 120 valence electrons. The van der Waals surface area contributed by atoms with Crippen molar-refractivity contribution >= 4 is 23.5 Å². The Kier molecular flexibility index (Phi) is 6.52. The van der Waals surface area contributed by atoms with Crippen molar-refractivity contribution in [2.24, 2.45) is 10.9 Å². The fourth-order valence-corrected chi connectivity index (χ4v) is 2.32. The van der Waals surface area contributed by atoms with Gasteiger partial charge in [-0.05, 0) is 30.9 Å². The minimum absolute atomic E-state index is 0.170. The molecule has 1 aliphatic rings. The van der Waals surface area contributed by atoms with Crippen molar-refractivity contribution in [2.75, 3.05) is 26.7 Å². The largest absolute Gasteiger partial charge is 0.356 e. The van der Waals surface area contributed by atoms with Gasteiger partial charge in [-0.15, -0.1) is 0 Å². The molecule has 1 saturated carbocycles. The monoisotopic (exact) mass is 322 g/mol. The Morgan fingerprint density at radius 2 is 1.86 bits per heavy atom. The number of amides is 1. The molecule has 0 saturated heterocycles. The average molecular weight is 323 g/mol. The summed E-state index contributed by atoms with van der Waals surface area (Å²) in [5.41, 5.74) is 1.11. The fraction of sp³-hybridized carbons (Fsp3) is 0.500. The Labute approximate surface area is 136 Å². The highest BCUT2D eigenvalue weighted by Crippen LogP contribution is 2.28. The first kappa shape index (κ1) is 16.6. The van der Waals surface area contributed by atoms with Crippen LogP contribution in [-0.4, -0.2) is 38.5 Å². The van der Waals surface area contributed by atoms with E-state index in [1.807, 2.05) is 24.3 Å². The summed E-state index contributed by atoms with van der Waals surface area (Å²) in [6.07, 6.45) is 2.90. The lowest BCUT2D eigenvalue weighted by molar-refractivity contribution is -0.122. The van der Waals surface area contributed by atoms with Crippen LogP contribution in [0.1, 0.15) is 18.4 Å². The number of benzene rings is 1. The first-order valence-corrected chi connectivity index (χ1v) is 8.04. The maximum atomic E-state index is 11.5. The van der Waals surface area contributed by atoms with Gasteiger partial charge in [-0.2, -0.15) is 0 Å². The first-order chi connectivity index (χ1) is 10.7. The van der Waals surface area contributed by atoms with Crippen molar-refractivity contribution in [1.82, 2.24) is 16.0 Å². The van der Waals surface area contributed by atoms with Gasteiger partial charge >= 0.3 is 0 Å². The van der Waals surface area contributed by atoms with Crippen LogP contribution in [0.2, 0.25) is 5.02 Å². The van der Waals surface area contributed by atoms with E-state index in [2.05, 4.69) is 20.9 Å². The zero-order valence-corrected chi connectivity index (χ0v) is 13.6. The molecule has 6 heteroatoms. The predicted octanol–water partition coefficient (Wildman–Crippen LogP) is 1.57. The molecule has 0 aromatic heterocycles. The smallest absolute Gasteiger partial charge is 0.223 e. The number of hydrogen-bond acceptors (Lipinski definition) is 2. The molecular formula is C16H23ClN4O. The molecule has 22 heavy (non-hydrogen) atoms. The molecule has 1 aliphatic carbocycles. The highest BCUT2D eigenvalue weighted by atomic mass is 35.5. The minimum Gasteiger partial charge on any atom is -0.356 e. The summed E-state index contributed by atoms with van der Waals surface area (Å²) in [5.74, 6) is 1.16. The van der Waals surface area contributed by atoms with E-state index < -0.39 is 0 Å². The van der Waals surface area contributed by atoms with Crippen LogP contribution < -0.4 is 16.0 Å². The highest BCUT2D eigenvalue weighted by molar-refractivity contribution is 6.31. The third-order valence-corrected chi connectivity index (χ3v) is 3.90. The Morgan fingerprint density at radius 3 is 2.55 bits per heavy atom. The van der Waals surface area contributed by atoms with Crippen molar-refractivity contribution < 1.29 is 4.79 Å². The molecule has 0 radical (unpaired) electrons. The van der Waals surface area contributed by atoms with Crippen LogP contribution in [0.4, 0.5) is 0 Å². The first-order valence-electron chi connectivity index (χ1n) is 7.66. The van der Waals surface area contributed by atoms with Gasteiger partial charge in [-0.3, -0.25) is 9.79 Å². The van der Waals surface area contributed by atoms with Crippen molar-refractivity contribution in [3.8, 4) is 0 Å². The summed E-state index contributed by atoms with van der Waals surface area (Å²) < 4.78 is 0. The Hall–Kier alpha value is -1.75. The molecule has 1 amide bonds. The minimum atomic E-state index is 0.170. The average Bonchev–Trinajstić information content (AvgIpc) is 3.36. The summed E-state index contributed by atoms with van der Waals surface area (Å²) in [5, 5.41) is 10.1. The van der Waals surface area contributed by atoms with E-state index in [1.165, 1.54) is 0 Å². The van der Waals surface area contributed by atoms with E-state index in [1.54, 1.807) is 7.05 Å². The standard InChI is InChI=1S/C16H23ClN4O/c1-18-16(21-11-10-19-15(22)13-6-7-13)20-9-8-12-4-2-3-5-14(12)17/h2-5,13H,6-11H2,1H3,(H,19,22)(H2,18,20,21). The van der Waals surface area contributed by atoms with Gasteiger partial charge in [0.1, 0.15) is 0 Å². The Bertz CT molecular complexity index is 529. The number of nitrogens with zero attached hydrogens (tertiary/aromatic N) is 1. The molecule has 5 nitrogen and oxygen atoms in total. The number of nitrogens with one attached hydrogen (secondary N) is 3. The van der Waals surface area contributed by atoms with E-state index in [-0.39, 0.29) is 11.8 Å². The summed E-state index contributed by atoms with van der Waals surface area (Å²) in [6.45, 7) is 2.02. The molecule has 1 fully saturated rings. The van der Waals surface area contributed by atoms with E-state index in [4.69, 9.17) is 11.6 Å². The van der Waals surface area contributed by atoms with Gasteiger partial charge in [-0.1, -0.05) is 29.8 Å². The van der Waals surface area contributed by atoms with Crippen LogP contribution in [0, 0.1) is 5.92 Å². The van der Waals surface area contributed by atoms with Crippen LogP contribution >= 0.6 is 11.6 Å². The van der Waals surface area contributed by atoms with E-state index >= 15 is 0 Å². The number of carbonyl (C=O) groups is 1. The molecule has 3 N–H and O–H groups in total. The number of guanidine groups is 1. The van der Waals surface area contributed by atoms with Gasteiger partial charge < -0.3 is 16.0 Å². The third kappa shape index (κ3) is 5.56. The summed E-state index contributed by atoms with van der Waals surface area (Å²) in [4.78, 5) is 15.6. The van der Waals surface area contributed by atoms with Crippen molar-refractivity contribution in [3.05, 3.63) is 34.9 Å². The molecule has 0 spiro atoms. The van der Waals surface area contributed by atoms with Gasteiger partial charge in [0, 0.05) is 37.6 Å². The van der Waals surface area contributed by atoms with Crippen LogP contribution in [-0.2, 0) is 11.2 Å². The lowest BCUT2D eigenvalue weighted by Crippen LogP contribution is -2.42. The number of rotatable bonds is 7. The fourth-order valence-electron chi connectivity index (χ4n) is 2.09. The summed E-state index contributed by atoms with van der Waals surface area (Å²) in [6, 6.07) is 7.83. The molecule has 0 heterocycles. The van der Waals surface area contributed by atoms with Crippen molar-refractivity contribution in [2.45, 2.75) is 19.3 Å². The van der Waals surface area contributed by atoms with Crippen LogP contribution in [0.25, 0.3) is 0 Å². The lowest BCUT2D eigenvalue weighted by Gasteiger charge is -2.12. The van der Waals surface area contributed by atoms with Gasteiger partial charge in [0.25, 0.3) is 0 Å². The maximum absolute atomic E-state index is 11.5. The zero-order valence-electron chi connectivity index (χ0n) is 12.9. The van der Waals surface area contributed by atoms with E-state index in [0.717, 1.165) is 42.4 Å². The second-order valence-electron chi connectivity index (χ2n) is 5.33. The normalized spacial score (nSPS) is 14.5. The number of hydrogen-bond donors (Lipinski definition) is 3. The molecule has 2 rings (SSSR count). The van der Waals surface area contributed by atoms with Gasteiger partial charge in [0.05, 0.1) is 0 Å². The van der Waals surface area contributed by atoms with Gasteiger partial charge in [-0.25, -0.2) is 0 Å². The highest BCUT2D eigenvalue weighted by Gasteiger charge is 2.28. The van der Waals surface area contributed by atoms with Crippen LogP contribution in [0.3, 0.4) is 0 Å². The topological polar surface area (TPSA) is 65.5 Å². The van der Waals surface area contributed by atoms with Crippen molar-refractivity contribution in [3.63, 3.8) is 0 Å². The molecule has 0 unspecified atom stereocenters. The number of aliphatic imine (C=N–C) groups is 1. The number of carbonyl (C=O) groups excluding carboxylic acids is 1. The summed E-state index contributed by atoms with van der Waals surface area (Å²) >= 11 is 6.12. The van der Waals surface area contributed by atoms with E-state index in [9.17, 15) is 4.79 Å². The molecule has 0 aliphatic heterocycles. The molecule has 0 bridgehead atoms. The van der Waals surface area contributed by atoms with Crippen molar-refractivity contribution in [1.29, 1.82) is 0 Å². The SMILES string of the molecule is CN=C(NCCNC(=O)C1CC1)NCCc1ccccc1Cl. The molecule has 1 aromatic rings. The molecule has 1 aromatic carbocycles. The number of halogens is 1. The summed E-state index contributed by atoms with van der Waals surface area (Å²) in [7, 11) is 1.73. The Balaban J connectivity index is 1.60. The quantitative estimate of drug-likeness (QED) is 0.405. The second-order valence-corrected chi connectivity index (χ2v) is 5.74. The Morgan fingerprint density at radius 1 is 1.18 bits per heavy atom. The third-order valence-electron chi connectivity index (χ3n) is 3.53. The predicted molar refractivity (Wildman–Crippen MR) is 90.3 cm³/mol. The van der Waals surface area contributed by atoms with Crippen LogP contribution in [0.5, 0.6) is 0 Å². The maximum Gasteiger partial charge on any atom is 0.223 e. The molecule has 0 atom stereocenters. The molecular weight excluding hydrogens is 300 g/mol. The van der Waals surface area contributed by atoms with E-state index in [0.29, 0.717) is 13.1 Å². The van der Waals surface area contributed by atoms with Gasteiger partial charge in [0.2, 0.25) is 5.91 Å². The zero-order chi connectivity index (χ0) is 15.8. The second kappa shape index (κ2) is 8.63. The lowest BCUT2D eigenvalue weighted by atomic mass is 10.1.